The summed E-state index contributed by atoms with van der Waals surface area (Å²) in [5.41, 5.74) is 7.83. The number of nitrogen functional groups attached to an aromatic ring is 2. The van der Waals surface area contributed by atoms with Gasteiger partial charge in [0.05, 0.1) is 0 Å². The van der Waals surface area contributed by atoms with Gasteiger partial charge in [-0.3, -0.25) is 35.2 Å². The molecule has 0 unspecified atom stereocenters. The van der Waals surface area contributed by atoms with E-state index in [4.69, 9.17) is 16.9 Å². The summed E-state index contributed by atoms with van der Waals surface area (Å²) in [5, 5.41) is 10.7. The minimum Gasteiger partial charge on any atom is -0.356 e. The average molecular weight is 457 g/mol. The lowest BCUT2D eigenvalue weighted by atomic mass is 10.1. The van der Waals surface area contributed by atoms with E-state index in [1.54, 1.807) is 61.7 Å². The average Bonchev–Trinajstić information content (AvgIpc) is 2.85. The Morgan fingerprint density at radius 1 is 0.788 bits per heavy atom. The van der Waals surface area contributed by atoms with Gasteiger partial charge in [0, 0.05) is 30.3 Å². The summed E-state index contributed by atoms with van der Waals surface area (Å²) >= 11 is 0. The van der Waals surface area contributed by atoms with Crippen LogP contribution in [-0.4, -0.2) is 35.9 Å². The van der Waals surface area contributed by atoms with Crippen LogP contribution in [0.1, 0.15) is 39.3 Å². The third kappa shape index (κ3) is 10.5. The normalized spacial score (nSPS) is 9.82. The standard InChI is InChI=1S/C11H13N3O2.C10H11N3O3.CH4/c1-13-10(15)7-4-8-2-5-9(6-3-8)11(16)14-12;11-12-10(15)8-3-1-2-7(6-8)4-5-9(14)13-16;/h2-7H,12H2,1H3,(H,13,15)(H,14,16);1-6,16H,11H2,(H,12,15)(H,13,14);1H4/b7-4+;5-4+;. The first-order valence-corrected chi connectivity index (χ1v) is 9.08. The molecule has 0 aliphatic carbocycles. The third-order valence-corrected chi connectivity index (χ3v) is 3.79. The van der Waals surface area contributed by atoms with Gasteiger partial charge >= 0.3 is 0 Å². The van der Waals surface area contributed by atoms with Crippen LogP contribution < -0.4 is 33.3 Å². The molecule has 2 rings (SSSR count). The first kappa shape index (κ1) is 28.7. The molecule has 0 aliphatic rings. The highest BCUT2D eigenvalue weighted by Gasteiger charge is 2.03. The molecule has 9 N–H and O–H groups in total. The number of nitrogens with two attached hydrogens (primary N) is 2. The van der Waals surface area contributed by atoms with Crippen LogP contribution >= 0.6 is 0 Å². The van der Waals surface area contributed by atoms with E-state index in [2.05, 4.69) is 5.32 Å². The first-order valence-electron chi connectivity index (χ1n) is 9.08. The minimum atomic E-state index is -0.645. The number of benzene rings is 2. The van der Waals surface area contributed by atoms with Crippen molar-refractivity contribution < 1.29 is 24.4 Å². The fourth-order valence-electron chi connectivity index (χ4n) is 2.16. The van der Waals surface area contributed by atoms with E-state index in [-0.39, 0.29) is 19.2 Å². The van der Waals surface area contributed by atoms with Gasteiger partial charge in [-0.2, -0.15) is 0 Å². The van der Waals surface area contributed by atoms with Crippen molar-refractivity contribution in [3.05, 3.63) is 82.9 Å². The third-order valence-electron chi connectivity index (χ3n) is 3.79. The molecule has 0 aromatic heterocycles. The number of amides is 4. The Morgan fingerprint density at radius 2 is 1.33 bits per heavy atom. The quantitative estimate of drug-likeness (QED) is 0.108. The Hall–Kier alpha value is -4.32. The van der Waals surface area contributed by atoms with E-state index in [0.29, 0.717) is 16.7 Å². The second kappa shape index (κ2) is 15.5. The minimum absolute atomic E-state index is 0. The number of rotatable bonds is 6. The molecule has 4 amide bonds. The maximum absolute atomic E-state index is 11.2. The van der Waals surface area contributed by atoms with Crippen LogP contribution in [-0.2, 0) is 9.59 Å². The molecule has 33 heavy (non-hydrogen) atoms. The molecule has 11 heteroatoms. The van der Waals surface area contributed by atoms with Gasteiger partial charge in [0.2, 0.25) is 5.91 Å². The molecule has 2 aromatic rings. The van der Waals surface area contributed by atoms with Crippen molar-refractivity contribution in [3.63, 3.8) is 0 Å². The zero-order chi connectivity index (χ0) is 23.9. The van der Waals surface area contributed by atoms with Crippen LogP contribution in [0.3, 0.4) is 0 Å². The van der Waals surface area contributed by atoms with Gasteiger partial charge in [-0.15, -0.1) is 0 Å². The van der Waals surface area contributed by atoms with E-state index in [1.165, 1.54) is 17.6 Å². The van der Waals surface area contributed by atoms with Crippen molar-refractivity contribution >= 4 is 35.8 Å². The van der Waals surface area contributed by atoms with Crippen molar-refractivity contribution in [2.45, 2.75) is 7.43 Å². The number of carbonyl (C=O) groups is 4. The molecule has 0 atom stereocenters. The molecule has 0 radical (unpaired) electrons. The van der Waals surface area contributed by atoms with E-state index in [9.17, 15) is 19.2 Å². The highest BCUT2D eigenvalue weighted by atomic mass is 16.5. The number of nitrogens with one attached hydrogen (secondary N) is 4. The highest BCUT2D eigenvalue weighted by Crippen LogP contribution is 2.07. The number of hydrazine groups is 2. The van der Waals surface area contributed by atoms with Crippen molar-refractivity contribution in [3.8, 4) is 0 Å². The number of hydrogen-bond donors (Lipinski definition) is 7. The SMILES string of the molecule is C.CNC(=O)/C=C/c1ccc(C(=O)NN)cc1.NNC(=O)c1cccc(/C=C/C(=O)NO)c1. The zero-order valence-corrected chi connectivity index (χ0v) is 17.2. The van der Waals surface area contributed by atoms with Crippen LogP contribution in [0.5, 0.6) is 0 Å². The highest BCUT2D eigenvalue weighted by molar-refractivity contribution is 5.95. The molecule has 176 valence electrons. The fourth-order valence-corrected chi connectivity index (χ4v) is 2.16. The van der Waals surface area contributed by atoms with Gasteiger partial charge in [-0.25, -0.2) is 17.2 Å². The molecule has 0 aliphatic heterocycles. The summed E-state index contributed by atoms with van der Waals surface area (Å²) in [4.78, 5) is 43.9. The maximum atomic E-state index is 11.2. The van der Waals surface area contributed by atoms with E-state index >= 15 is 0 Å². The molecule has 0 heterocycles. The molecule has 0 bridgehead atoms. The summed E-state index contributed by atoms with van der Waals surface area (Å²) < 4.78 is 0. The largest absolute Gasteiger partial charge is 0.356 e. The fraction of sp³-hybridized carbons (Fsp3) is 0.0909. The van der Waals surface area contributed by atoms with E-state index in [0.717, 1.165) is 11.6 Å². The predicted octanol–water partition coefficient (Wildman–Crippen LogP) is 0.494. The van der Waals surface area contributed by atoms with Crippen LogP contribution in [0.25, 0.3) is 12.2 Å². The van der Waals surface area contributed by atoms with Crippen LogP contribution in [0.2, 0.25) is 0 Å². The number of hydrogen-bond acceptors (Lipinski definition) is 7. The van der Waals surface area contributed by atoms with Gasteiger partial charge in [0.1, 0.15) is 0 Å². The maximum Gasteiger partial charge on any atom is 0.267 e. The molecule has 0 spiro atoms. The van der Waals surface area contributed by atoms with E-state index in [1.807, 2.05) is 10.9 Å². The summed E-state index contributed by atoms with van der Waals surface area (Å²) in [6, 6.07) is 13.2. The van der Waals surface area contributed by atoms with Crippen molar-refractivity contribution in [2.75, 3.05) is 7.05 Å². The zero-order valence-electron chi connectivity index (χ0n) is 17.2. The Kier molecular flexibility index (Phi) is 13.5. The Labute approximate surface area is 191 Å². The molecule has 2 aromatic carbocycles. The van der Waals surface area contributed by atoms with Crippen LogP contribution in [0.15, 0.2) is 60.7 Å². The van der Waals surface area contributed by atoms with Gasteiger partial charge in [-0.1, -0.05) is 31.7 Å². The smallest absolute Gasteiger partial charge is 0.267 e. The number of hydroxylamine groups is 1. The lowest BCUT2D eigenvalue weighted by molar-refractivity contribution is -0.124. The van der Waals surface area contributed by atoms with Crippen molar-refractivity contribution in [1.82, 2.24) is 21.6 Å². The molecular weight excluding hydrogens is 428 g/mol. The number of likely N-dealkylation sites (N-methyl/N-ethyl adjacent to an activating group) is 1. The van der Waals surface area contributed by atoms with Gasteiger partial charge in [0.25, 0.3) is 17.7 Å². The predicted molar refractivity (Wildman–Crippen MR) is 125 cm³/mol. The second-order valence-electron chi connectivity index (χ2n) is 5.95. The van der Waals surface area contributed by atoms with Gasteiger partial charge in [-0.05, 0) is 47.5 Å². The Balaban J connectivity index is 0.000000602. The summed E-state index contributed by atoms with van der Waals surface area (Å²) in [5.74, 6) is 8.39. The van der Waals surface area contributed by atoms with Gasteiger partial charge < -0.3 is 5.32 Å². The monoisotopic (exact) mass is 456 g/mol. The first-order chi connectivity index (χ1) is 15.3. The summed E-state index contributed by atoms with van der Waals surface area (Å²) in [6.07, 6.45) is 5.67. The molecular formula is C22H28N6O5. The van der Waals surface area contributed by atoms with E-state index < -0.39 is 11.8 Å². The number of carbonyl (C=O) groups excluding carboxylic acids is 4. The Morgan fingerprint density at radius 3 is 1.88 bits per heavy atom. The summed E-state index contributed by atoms with van der Waals surface area (Å²) in [7, 11) is 1.56. The molecule has 11 nitrogen and oxygen atoms in total. The second-order valence-corrected chi connectivity index (χ2v) is 5.95. The van der Waals surface area contributed by atoms with Crippen molar-refractivity contribution in [2.24, 2.45) is 11.7 Å². The molecule has 0 saturated carbocycles. The van der Waals surface area contributed by atoms with Crippen molar-refractivity contribution in [1.29, 1.82) is 0 Å². The van der Waals surface area contributed by atoms with Crippen LogP contribution in [0.4, 0.5) is 0 Å². The molecule has 0 saturated heterocycles. The van der Waals surface area contributed by atoms with Gasteiger partial charge in [0.15, 0.2) is 0 Å². The Bertz CT molecular complexity index is 1000. The lowest BCUT2D eigenvalue weighted by Crippen LogP contribution is -2.29. The van der Waals surface area contributed by atoms with Crippen LogP contribution in [0, 0.1) is 0 Å². The lowest BCUT2D eigenvalue weighted by Gasteiger charge is -2.00. The molecule has 0 fully saturated rings. The summed E-state index contributed by atoms with van der Waals surface area (Å²) in [6.45, 7) is 0. The topological polar surface area (TPSA) is 189 Å².